The molecule has 0 saturated heterocycles. The van der Waals surface area contributed by atoms with Crippen LogP contribution in [-0.4, -0.2) is 25.7 Å². The van der Waals surface area contributed by atoms with Gasteiger partial charge in [0.2, 0.25) is 0 Å². The molecule has 5 nitrogen and oxygen atoms in total. The Balaban J connectivity index is 2.24. The van der Waals surface area contributed by atoms with Crippen LogP contribution < -0.4 is 0 Å². The number of nitrogens with zero attached hydrogens (tertiary/aromatic N) is 3. The van der Waals surface area contributed by atoms with Crippen LogP contribution in [0.15, 0.2) is 18.2 Å². The molecule has 0 aliphatic rings. The van der Waals surface area contributed by atoms with Crippen molar-refractivity contribution < 1.29 is 9.50 Å². The van der Waals surface area contributed by atoms with E-state index in [0.717, 1.165) is 19.3 Å². The van der Waals surface area contributed by atoms with Gasteiger partial charge < -0.3 is 5.11 Å². The molecule has 1 heterocycles. The highest BCUT2D eigenvalue weighted by Gasteiger charge is 2.16. The molecule has 0 fully saturated rings. The summed E-state index contributed by atoms with van der Waals surface area (Å²) >= 11 is 0. The van der Waals surface area contributed by atoms with Crippen LogP contribution in [0.2, 0.25) is 0 Å². The van der Waals surface area contributed by atoms with E-state index in [2.05, 4.69) is 27.5 Å². The van der Waals surface area contributed by atoms with Crippen LogP contribution in [0.3, 0.4) is 0 Å². The van der Waals surface area contributed by atoms with Crippen molar-refractivity contribution in [2.75, 3.05) is 0 Å². The van der Waals surface area contributed by atoms with E-state index in [9.17, 15) is 9.50 Å². The number of aromatic amines is 1. The van der Waals surface area contributed by atoms with Gasteiger partial charge in [-0.3, -0.25) is 0 Å². The molecule has 2 aromatic rings. The lowest BCUT2D eigenvalue weighted by atomic mass is 9.97. The zero-order valence-electron chi connectivity index (χ0n) is 10.8. The molecule has 0 aliphatic carbocycles. The molecule has 1 aromatic heterocycles. The molecule has 2 N–H and O–H groups in total. The average Bonchev–Trinajstić information content (AvgIpc) is 2.92. The highest BCUT2D eigenvalue weighted by Crippen LogP contribution is 2.29. The summed E-state index contributed by atoms with van der Waals surface area (Å²) in [5.74, 6) is -0.0139. The lowest BCUT2D eigenvalue weighted by Crippen LogP contribution is -2.01. The third-order valence-electron chi connectivity index (χ3n) is 3.06. The Kier molecular flexibility index (Phi) is 4.57. The summed E-state index contributed by atoms with van der Waals surface area (Å²) in [6, 6.07) is 4.26. The van der Waals surface area contributed by atoms with E-state index in [1.165, 1.54) is 12.1 Å². The maximum Gasteiger partial charge on any atom is 0.179 e. The fourth-order valence-electron chi connectivity index (χ4n) is 2.04. The molecule has 1 atom stereocenters. The number of halogens is 1. The third kappa shape index (κ3) is 3.35. The Labute approximate surface area is 110 Å². The molecule has 6 heteroatoms. The van der Waals surface area contributed by atoms with Gasteiger partial charge in [0, 0.05) is 5.56 Å². The van der Waals surface area contributed by atoms with Crippen LogP contribution in [0.1, 0.15) is 44.3 Å². The van der Waals surface area contributed by atoms with Gasteiger partial charge in [-0.15, -0.1) is 5.10 Å². The monoisotopic (exact) mass is 264 g/mol. The normalized spacial score (nSPS) is 12.6. The van der Waals surface area contributed by atoms with Gasteiger partial charge in [0.05, 0.1) is 6.10 Å². The first-order valence-corrected chi connectivity index (χ1v) is 6.44. The van der Waals surface area contributed by atoms with Gasteiger partial charge in [-0.1, -0.05) is 32.3 Å². The van der Waals surface area contributed by atoms with E-state index >= 15 is 0 Å². The number of hydrogen-bond donors (Lipinski definition) is 2. The summed E-state index contributed by atoms with van der Waals surface area (Å²) in [6.45, 7) is 2.11. The lowest BCUT2D eigenvalue weighted by molar-refractivity contribution is 0.164. The van der Waals surface area contributed by atoms with Crippen molar-refractivity contribution in [2.45, 2.75) is 38.7 Å². The molecule has 19 heavy (non-hydrogen) atoms. The number of rotatable bonds is 6. The van der Waals surface area contributed by atoms with Crippen LogP contribution in [0.4, 0.5) is 4.39 Å². The van der Waals surface area contributed by atoms with E-state index in [1.54, 1.807) is 6.07 Å². The number of unbranched alkanes of at least 4 members (excludes halogenated alkanes) is 2. The number of aliphatic hydroxyl groups excluding tert-OH is 1. The zero-order chi connectivity index (χ0) is 13.7. The Morgan fingerprint density at radius 3 is 2.89 bits per heavy atom. The van der Waals surface area contributed by atoms with Gasteiger partial charge in [0.15, 0.2) is 5.82 Å². The number of aliphatic hydroxyl groups is 1. The number of hydrogen-bond acceptors (Lipinski definition) is 4. The second-order valence-electron chi connectivity index (χ2n) is 4.49. The smallest absolute Gasteiger partial charge is 0.179 e. The molecule has 1 aromatic carbocycles. The van der Waals surface area contributed by atoms with Gasteiger partial charge in [-0.05, 0) is 34.5 Å². The minimum Gasteiger partial charge on any atom is -0.388 e. The van der Waals surface area contributed by atoms with E-state index in [4.69, 9.17) is 0 Å². The Hall–Kier alpha value is -1.82. The van der Waals surface area contributed by atoms with Crippen LogP contribution in [0.25, 0.3) is 11.4 Å². The van der Waals surface area contributed by atoms with Gasteiger partial charge in [0.1, 0.15) is 5.82 Å². The molecule has 0 amide bonds. The Morgan fingerprint density at radius 2 is 2.21 bits per heavy atom. The molecule has 2 rings (SSSR count). The maximum absolute atomic E-state index is 13.3. The molecular formula is C13H17FN4O. The number of aromatic nitrogens is 4. The maximum atomic E-state index is 13.3. The van der Waals surface area contributed by atoms with E-state index in [-0.39, 0.29) is 5.82 Å². The first kappa shape index (κ1) is 13.6. The second kappa shape index (κ2) is 6.38. The lowest BCUT2D eigenvalue weighted by Gasteiger charge is -2.14. The quantitative estimate of drug-likeness (QED) is 0.786. The van der Waals surface area contributed by atoms with Gasteiger partial charge >= 0.3 is 0 Å². The average molecular weight is 264 g/mol. The molecular weight excluding hydrogens is 247 g/mol. The van der Waals surface area contributed by atoms with Crippen LogP contribution in [0.5, 0.6) is 0 Å². The Morgan fingerprint density at radius 1 is 1.37 bits per heavy atom. The minimum absolute atomic E-state index is 0.365. The van der Waals surface area contributed by atoms with E-state index in [0.29, 0.717) is 23.4 Å². The zero-order valence-corrected chi connectivity index (χ0v) is 10.8. The number of nitrogens with one attached hydrogen (secondary N) is 1. The minimum atomic E-state index is -0.632. The first-order valence-electron chi connectivity index (χ1n) is 6.44. The predicted octanol–water partition coefficient (Wildman–Crippen LogP) is 2.62. The van der Waals surface area contributed by atoms with Crippen molar-refractivity contribution in [2.24, 2.45) is 0 Å². The molecule has 0 bridgehead atoms. The van der Waals surface area contributed by atoms with Crippen molar-refractivity contribution in [3.8, 4) is 11.4 Å². The summed E-state index contributed by atoms with van der Waals surface area (Å²) in [6.07, 6.45) is 3.11. The summed E-state index contributed by atoms with van der Waals surface area (Å²) in [7, 11) is 0. The Bertz CT molecular complexity index is 515. The number of H-pyrrole nitrogens is 1. The van der Waals surface area contributed by atoms with Crippen LogP contribution >= 0.6 is 0 Å². The van der Waals surface area contributed by atoms with E-state index < -0.39 is 6.10 Å². The molecule has 102 valence electrons. The van der Waals surface area contributed by atoms with Crippen molar-refractivity contribution >= 4 is 0 Å². The van der Waals surface area contributed by atoms with Crippen LogP contribution in [0, 0.1) is 5.82 Å². The SMILES string of the molecule is CCCCC[C@@H](O)c1ccc(F)cc1-c1nnn[nH]1. The summed E-state index contributed by atoms with van der Waals surface area (Å²) in [4.78, 5) is 0. The van der Waals surface area contributed by atoms with Crippen molar-refractivity contribution in [1.82, 2.24) is 20.6 Å². The molecule has 0 spiro atoms. The number of tetrazole rings is 1. The second-order valence-corrected chi connectivity index (χ2v) is 4.49. The number of benzene rings is 1. The predicted molar refractivity (Wildman–Crippen MR) is 68.7 cm³/mol. The summed E-state index contributed by atoms with van der Waals surface area (Å²) in [5, 5.41) is 23.5. The molecule has 0 saturated carbocycles. The van der Waals surface area contributed by atoms with Gasteiger partial charge in [0.25, 0.3) is 0 Å². The fourth-order valence-corrected chi connectivity index (χ4v) is 2.04. The highest BCUT2D eigenvalue weighted by molar-refractivity contribution is 5.60. The van der Waals surface area contributed by atoms with Crippen molar-refractivity contribution in [1.29, 1.82) is 0 Å². The van der Waals surface area contributed by atoms with Crippen LogP contribution in [-0.2, 0) is 0 Å². The molecule has 0 unspecified atom stereocenters. The largest absolute Gasteiger partial charge is 0.388 e. The van der Waals surface area contributed by atoms with Gasteiger partial charge in [-0.2, -0.15) is 0 Å². The van der Waals surface area contributed by atoms with Crippen molar-refractivity contribution in [3.05, 3.63) is 29.6 Å². The fraction of sp³-hybridized carbons (Fsp3) is 0.462. The highest BCUT2D eigenvalue weighted by atomic mass is 19.1. The standard InChI is InChI=1S/C13H17FN4O/c1-2-3-4-5-12(19)10-7-6-9(14)8-11(10)13-15-17-18-16-13/h6-8,12,19H,2-5H2,1H3,(H,15,16,17,18)/t12-/m1/s1. The molecule has 0 radical (unpaired) electrons. The first-order chi connectivity index (χ1) is 9.22. The van der Waals surface area contributed by atoms with Gasteiger partial charge in [-0.25, -0.2) is 9.49 Å². The molecule has 0 aliphatic heterocycles. The summed E-state index contributed by atoms with van der Waals surface area (Å²) < 4.78 is 13.3. The van der Waals surface area contributed by atoms with Crippen molar-refractivity contribution in [3.63, 3.8) is 0 Å². The topological polar surface area (TPSA) is 74.7 Å². The summed E-state index contributed by atoms with van der Waals surface area (Å²) in [5.41, 5.74) is 1.16. The third-order valence-corrected chi connectivity index (χ3v) is 3.06. The van der Waals surface area contributed by atoms with E-state index in [1.807, 2.05) is 0 Å².